The zero-order valence-electron chi connectivity index (χ0n) is 12.0. The first kappa shape index (κ1) is 15.5. The van der Waals surface area contributed by atoms with Gasteiger partial charge in [0, 0.05) is 17.5 Å². The first-order chi connectivity index (χ1) is 8.42. The Labute approximate surface area is 119 Å². The van der Waals surface area contributed by atoms with E-state index in [1.54, 1.807) is 7.11 Å². The maximum Gasteiger partial charge on any atom is 0.122 e. The third kappa shape index (κ3) is 3.72. The molecule has 0 spiro atoms. The van der Waals surface area contributed by atoms with Gasteiger partial charge in [0.2, 0.25) is 0 Å². The summed E-state index contributed by atoms with van der Waals surface area (Å²) in [4.78, 5) is 0. The number of rotatable bonds is 6. The van der Waals surface area contributed by atoms with Crippen molar-refractivity contribution >= 4 is 15.9 Å². The van der Waals surface area contributed by atoms with E-state index in [4.69, 9.17) is 4.74 Å². The molecule has 0 fully saturated rings. The summed E-state index contributed by atoms with van der Waals surface area (Å²) in [5.74, 6) is 1.51. The van der Waals surface area contributed by atoms with Gasteiger partial charge in [-0.1, -0.05) is 55.8 Å². The van der Waals surface area contributed by atoms with Crippen LogP contribution in [0.2, 0.25) is 0 Å². The van der Waals surface area contributed by atoms with Gasteiger partial charge >= 0.3 is 0 Å². The number of nitrogens with one attached hydrogen (secondary N) is 1. The number of alkyl halides is 1. The minimum atomic E-state index is 0.0502. The highest BCUT2D eigenvalue weighted by molar-refractivity contribution is 9.09. The summed E-state index contributed by atoms with van der Waals surface area (Å²) < 4.78 is 5.56. The molecule has 0 atom stereocenters. The molecule has 0 bridgehead atoms. The van der Waals surface area contributed by atoms with Crippen LogP contribution in [0.3, 0.4) is 0 Å². The fourth-order valence-corrected chi connectivity index (χ4v) is 2.28. The Hall–Kier alpha value is -0.540. The number of benzene rings is 1. The van der Waals surface area contributed by atoms with Gasteiger partial charge in [-0.15, -0.1) is 0 Å². The molecule has 0 saturated carbocycles. The Morgan fingerprint density at radius 1 is 1.33 bits per heavy atom. The fourth-order valence-electron chi connectivity index (χ4n) is 2.08. The van der Waals surface area contributed by atoms with Crippen molar-refractivity contribution < 1.29 is 4.74 Å². The Morgan fingerprint density at radius 3 is 2.50 bits per heavy atom. The lowest BCUT2D eigenvalue weighted by Crippen LogP contribution is -2.32. The molecule has 2 nitrogen and oxygen atoms in total. The highest BCUT2D eigenvalue weighted by Crippen LogP contribution is 2.33. The lowest BCUT2D eigenvalue weighted by molar-refractivity contribution is 0.388. The van der Waals surface area contributed by atoms with Crippen LogP contribution in [0.15, 0.2) is 18.2 Å². The Kier molecular flexibility index (Phi) is 5.67. The Morgan fingerprint density at radius 2 is 2.00 bits per heavy atom. The second-order valence-electron chi connectivity index (χ2n) is 5.56. The van der Waals surface area contributed by atoms with Crippen molar-refractivity contribution in [3.05, 3.63) is 29.3 Å². The molecular formula is C15H24BrNO. The van der Waals surface area contributed by atoms with Gasteiger partial charge in [0.1, 0.15) is 5.75 Å². The van der Waals surface area contributed by atoms with Crippen molar-refractivity contribution in [1.29, 1.82) is 0 Å². The molecule has 18 heavy (non-hydrogen) atoms. The average molecular weight is 314 g/mol. The van der Waals surface area contributed by atoms with Crippen molar-refractivity contribution in [3.8, 4) is 5.75 Å². The van der Waals surface area contributed by atoms with E-state index in [0.717, 1.165) is 17.7 Å². The van der Waals surface area contributed by atoms with Crippen LogP contribution in [-0.2, 0) is 5.41 Å². The smallest absolute Gasteiger partial charge is 0.122 e. The first-order valence-corrected chi connectivity index (χ1v) is 7.49. The summed E-state index contributed by atoms with van der Waals surface area (Å²) in [6.45, 7) is 9.78. The predicted octanol–water partition coefficient (Wildman–Crippen LogP) is 4.04. The summed E-state index contributed by atoms with van der Waals surface area (Å²) in [6.07, 6.45) is 0. The van der Waals surface area contributed by atoms with Crippen LogP contribution in [0.1, 0.15) is 44.7 Å². The van der Waals surface area contributed by atoms with E-state index in [-0.39, 0.29) is 5.41 Å². The molecule has 0 heterocycles. The van der Waals surface area contributed by atoms with Gasteiger partial charge in [-0.25, -0.2) is 0 Å². The summed E-state index contributed by atoms with van der Waals surface area (Å²) in [5, 5.41) is 3.34. The van der Waals surface area contributed by atoms with E-state index >= 15 is 0 Å². The second-order valence-corrected chi connectivity index (χ2v) is 6.12. The summed E-state index contributed by atoms with van der Waals surface area (Å²) >= 11 is 3.40. The molecule has 0 unspecified atom stereocenters. The van der Waals surface area contributed by atoms with Gasteiger partial charge in [0.15, 0.2) is 0 Å². The highest BCUT2D eigenvalue weighted by atomic mass is 79.9. The Bertz CT molecular complexity index is 388. The van der Waals surface area contributed by atoms with Crippen LogP contribution >= 0.6 is 15.9 Å². The largest absolute Gasteiger partial charge is 0.496 e. The van der Waals surface area contributed by atoms with Crippen LogP contribution in [0.5, 0.6) is 5.75 Å². The van der Waals surface area contributed by atoms with E-state index in [2.05, 4.69) is 67.1 Å². The lowest BCUT2D eigenvalue weighted by Gasteiger charge is -2.28. The molecule has 1 rings (SSSR count). The van der Waals surface area contributed by atoms with Crippen molar-refractivity contribution in [2.45, 2.75) is 39.0 Å². The summed E-state index contributed by atoms with van der Waals surface area (Å²) in [6, 6.07) is 6.57. The van der Waals surface area contributed by atoms with Crippen molar-refractivity contribution in [1.82, 2.24) is 5.32 Å². The molecule has 0 aliphatic carbocycles. The monoisotopic (exact) mass is 313 g/mol. The fraction of sp³-hybridized carbons (Fsp3) is 0.600. The van der Waals surface area contributed by atoms with Crippen LogP contribution in [0, 0.1) is 0 Å². The molecule has 0 amide bonds. The van der Waals surface area contributed by atoms with Gasteiger partial charge < -0.3 is 10.1 Å². The van der Waals surface area contributed by atoms with Crippen molar-refractivity contribution in [3.63, 3.8) is 0 Å². The molecule has 1 aromatic rings. The zero-order chi connectivity index (χ0) is 13.8. The molecule has 0 radical (unpaired) electrons. The van der Waals surface area contributed by atoms with Gasteiger partial charge in [-0.2, -0.15) is 0 Å². The number of halogens is 1. The standard InChI is InChI=1S/C15H24BrNO/c1-11(2)12-6-7-13(14(8-12)18-5)15(3,4)9-17-10-16/h6-8,11,17H,9-10H2,1-5H3. The number of hydrogen-bond donors (Lipinski definition) is 1. The number of methoxy groups -OCH3 is 1. The van der Waals surface area contributed by atoms with Crippen LogP contribution in [-0.4, -0.2) is 19.1 Å². The number of ether oxygens (including phenoxy) is 1. The second kappa shape index (κ2) is 6.58. The van der Waals surface area contributed by atoms with Crippen LogP contribution in [0.4, 0.5) is 0 Å². The topological polar surface area (TPSA) is 21.3 Å². The lowest BCUT2D eigenvalue weighted by atomic mass is 9.83. The third-order valence-corrected chi connectivity index (χ3v) is 3.68. The van der Waals surface area contributed by atoms with Crippen molar-refractivity contribution in [2.24, 2.45) is 0 Å². The minimum absolute atomic E-state index is 0.0502. The molecule has 102 valence electrons. The molecule has 1 N–H and O–H groups in total. The van der Waals surface area contributed by atoms with E-state index in [9.17, 15) is 0 Å². The van der Waals surface area contributed by atoms with Gasteiger partial charge in [-0.3, -0.25) is 0 Å². The maximum atomic E-state index is 5.56. The highest BCUT2D eigenvalue weighted by Gasteiger charge is 2.24. The molecular weight excluding hydrogens is 290 g/mol. The third-order valence-electron chi connectivity index (χ3n) is 3.28. The average Bonchev–Trinajstić information content (AvgIpc) is 2.35. The molecule has 0 saturated heterocycles. The van der Waals surface area contributed by atoms with Crippen molar-refractivity contribution in [2.75, 3.05) is 19.1 Å². The van der Waals surface area contributed by atoms with Crippen LogP contribution in [0.25, 0.3) is 0 Å². The quantitative estimate of drug-likeness (QED) is 0.632. The van der Waals surface area contributed by atoms with E-state index in [1.165, 1.54) is 11.1 Å². The zero-order valence-corrected chi connectivity index (χ0v) is 13.6. The minimum Gasteiger partial charge on any atom is -0.496 e. The first-order valence-electron chi connectivity index (χ1n) is 6.37. The van der Waals surface area contributed by atoms with Gasteiger partial charge in [0.05, 0.1) is 12.6 Å². The predicted molar refractivity (Wildman–Crippen MR) is 81.9 cm³/mol. The van der Waals surface area contributed by atoms with Gasteiger partial charge in [0.25, 0.3) is 0 Å². The normalized spacial score (nSPS) is 11.9. The summed E-state index contributed by atoms with van der Waals surface area (Å²) in [5.41, 5.74) is 3.43. The molecule has 0 aliphatic rings. The number of hydrogen-bond acceptors (Lipinski definition) is 2. The van der Waals surface area contributed by atoms with Gasteiger partial charge in [-0.05, 0) is 17.5 Å². The summed E-state index contributed by atoms with van der Waals surface area (Å²) in [7, 11) is 1.75. The molecule has 0 aromatic heterocycles. The molecule has 3 heteroatoms. The SMILES string of the molecule is COc1cc(C(C)C)ccc1C(C)(C)CNCBr. The van der Waals surface area contributed by atoms with E-state index in [0.29, 0.717) is 5.92 Å². The van der Waals surface area contributed by atoms with E-state index in [1.807, 2.05) is 0 Å². The Balaban J connectivity index is 3.08. The van der Waals surface area contributed by atoms with E-state index < -0.39 is 0 Å². The maximum absolute atomic E-state index is 5.56. The van der Waals surface area contributed by atoms with Crippen LogP contribution < -0.4 is 10.1 Å². The molecule has 1 aromatic carbocycles. The molecule has 0 aliphatic heterocycles.